The molecule has 0 N–H and O–H groups in total. The predicted molar refractivity (Wildman–Crippen MR) is 50.8 cm³/mol. The number of fused-ring (bicyclic) bond motifs is 2. The van der Waals surface area contributed by atoms with Gasteiger partial charge in [0.05, 0.1) is 17.6 Å². The molecule has 0 saturated heterocycles. The molecule has 1 aliphatic rings. The summed E-state index contributed by atoms with van der Waals surface area (Å²) in [5.74, 6) is 0. The second-order valence-electron chi connectivity index (χ2n) is 3.07. The van der Waals surface area contributed by atoms with Gasteiger partial charge in [-0.1, -0.05) is 0 Å². The van der Waals surface area contributed by atoms with Gasteiger partial charge in [0, 0.05) is 18.6 Å². The van der Waals surface area contributed by atoms with Gasteiger partial charge in [-0.25, -0.2) is 0 Å². The fourth-order valence-electron chi connectivity index (χ4n) is 1.57. The third kappa shape index (κ3) is 0.935. The molecule has 0 atom stereocenters. The molecule has 0 radical (unpaired) electrons. The van der Waals surface area contributed by atoms with Crippen molar-refractivity contribution in [3.63, 3.8) is 0 Å². The molecule has 2 aromatic rings. The lowest BCUT2D eigenvalue weighted by molar-refractivity contribution is 1.11. The molecule has 13 heavy (non-hydrogen) atoms. The maximum atomic E-state index is 4.24. The van der Waals surface area contributed by atoms with Crippen LogP contribution in [0, 0.1) is 0 Å². The minimum absolute atomic E-state index is 0.780. The highest BCUT2D eigenvalue weighted by Crippen LogP contribution is 2.19. The molecule has 0 aliphatic carbocycles. The number of aliphatic imine (C=N–C) groups is 1. The van der Waals surface area contributed by atoms with Crippen molar-refractivity contribution < 1.29 is 0 Å². The Morgan fingerprint density at radius 2 is 1.77 bits per heavy atom. The number of aromatic nitrogens is 2. The topological polar surface area (TPSA) is 38.1 Å². The van der Waals surface area contributed by atoms with Crippen LogP contribution in [-0.4, -0.2) is 16.2 Å². The van der Waals surface area contributed by atoms with Gasteiger partial charge >= 0.3 is 0 Å². The Labute approximate surface area is 75.2 Å². The van der Waals surface area contributed by atoms with Crippen LogP contribution in [-0.2, 0) is 6.54 Å². The van der Waals surface area contributed by atoms with Gasteiger partial charge in [0.2, 0.25) is 0 Å². The average Bonchev–Trinajstić information content (AvgIpc) is 2.61. The Kier molecular flexibility index (Phi) is 1.22. The SMILES string of the molecule is C1=NCc2cc3nccnc3cc21. The molecule has 3 nitrogen and oxygen atoms in total. The van der Waals surface area contributed by atoms with Gasteiger partial charge < -0.3 is 0 Å². The summed E-state index contributed by atoms with van der Waals surface area (Å²) in [7, 11) is 0. The van der Waals surface area contributed by atoms with Crippen LogP contribution in [0.15, 0.2) is 29.5 Å². The summed E-state index contributed by atoms with van der Waals surface area (Å²) in [5, 5.41) is 0. The van der Waals surface area contributed by atoms with Crippen LogP contribution < -0.4 is 0 Å². The van der Waals surface area contributed by atoms with Gasteiger partial charge in [0.25, 0.3) is 0 Å². The zero-order valence-corrected chi connectivity index (χ0v) is 6.94. The van der Waals surface area contributed by atoms with Crippen LogP contribution in [0.5, 0.6) is 0 Å². The second kappa shape index (κ2) is 2.36. The molecule has 62 valence electrons. The van der Waals surface area contributed by atoms with Crippen molar-refractivity contribution in [3.8, 4) is 0 Å². The molecule has 2 heterocycles. The predicted octanol–water partition coefficient (Wildman–Crippen LogP) is 1.56. The van der Waals surface area contributed by atoms with Crippen LogP contribution >= 0.6 is 0 Å². The molecule has 0 saturated carbocycles. The first kappa shape index (κ1) is 6.71. The van der Waals surface area contributed by atoms with Crippen molar-refractivity contribution in [2.45, 2.75) is 6.54 Å². The van der Waals surface area contributed by atoms with Crippen LogP contribution in [0.4, 0.5) is 0 Å². The number of hydrogen-bond donors (Lipinski definition) is 0. The Balaban J connectivity index is 2.40. The highest BCUT2D eigenvalue weighted by molar-refractivity contribution is 5.90. The van der Waals surface area contributed by atoms with Gasteiger partial charge in [-0.2, -0.15) is 0 Å². The minimum atomic E-state index is 0.780. The maximum absolute atomic E-state index is 4.24. The second-order valence-corrected chi connectivity index (χ2v) is 3.07. The van der Waals surface area contributed by atoms with Crippen molar-refractivity contribution >= 4 is 17.2 Å². The molecule has 3 heteroatoms. The standard InChI is InChI=1S/C10H7N3/c1-2-13-10-4-8-6-11-5-7(8)3-9(10)12-1/h1-5H,6H2. The number of benzene rings is 1. The summed E-state index contributed by atoms with van der Waals surface area (Å²) in [4.78, 5) is 12.7. The van der Waals surface area contributed by atoms with Gasteiger partial charge in [0.1, 0.15) is 0 Å². The van der Waals surface area contributed by atoms with E-state index in [-0.39, 0.29) is 0 Å². The lowest BCUT2D eigenvalue weighted by Crippen LogP contribution is -1.88. The Morgan fingerprint density at radius 3 is 2.62 bits per heavy atom. The van der Waals surface area contributed by atoms with E-state index in [2.05, 4.69) is 21.0 Å². The molecule has 0 amide bonds. The Bertz CT molecular complexity index is 502. The van der Waals surface area contributed by atoms with Gasteiger partial charge in [-0.15, -0.1) is 0 Å². The lowest BCUT2D eigenvalue weighted by atomic mass is 10.1. The molecular weight excluding hydrogens is 162 g/mol. The highest BCUT2D eigenvalue weighted by atomic mass is 14.8. The number of nitrogens with zero attached hydrogens (tertiary/aromatic N) is 3. The molecule has 1 aromatic heterocycles. The first-order valence-corrected chi connectivity index (χ1v) is 4.17. The summed E-state index contributed by atoms with van der Waals surface area (Å²) in [6, 6.07) is 4.10. The van der Waals surface area contributed by atoms with Crippen molar-refractivity contribution in [1.82, 2.24) is 9.97 Å². The molecule has 0 unspecified atom stereocenters. The first-order chi connectivity index (χ1) is 6.43. The van der Waals surface area contributed by atoms with Crippen molar-refractivity contribution in [3.05, 3.63) is 35.7 Å². The molecule has 3 rings (SSSR count). The largest absolute Gasteiger partial charge is 0.288 e. The Hall–Kier alpha value is -1.77. The third-order valence-corrected chi connectivity index (χ3v) is 2.22. The molecule has 1 aromatic carbocycles. The van der Waals surface area contributed by atoms with E-state index in [4.69, 9.17) is 0 Å². The zero-order chi connectivity index (χ0) is 8.67. The summed E-state index contributed by atoms with van der Waals surface area (Å²) in [6.45, 7) is 0.780. The van der Waals surface area contributed by atoms with Crippen LogP contribution in [0.25, 0.3) is 11.0 Å². The quantitative estimate of drug-likeness (QED) is 0.600. The lowest BCUT2D eigenvalue weighted by Gasteiger charge is -1.99. The van der Waals surface area contributed by atoms with Crippen LogP contribution in [0.2, 0.25) is 0 Å². The third-order valence-electron chi connectivity index (χ3n) is 2.22. The van der Waals surface area contributed by atoms with Gasteiger partial charge in [0.15, 0.2) is 0 Å². The minimum Gasteiger partial charge on any atom is -0.288 e. The van der Waals surface area contributed by atoms with E-state index in [9.17, 15) is 0 Å². The van der Waals surface area contributed by atoms with Crippen molar-refractivity contribution in [1.29, 1.82) is 0 Å². The van der Waals surface area contributed by atoms with E-state index in [1.165, 1.54) is 11.1 Å². The van der Waals surface area contributed by atoms with E-state index in [1.54, 1.807) is 12.4 Å². The van der Waals surface area contributed by atoms with Crippen molar-refractivity contribution in [2.75, 3.05) is 0 Å². The molecule has 0 fully saturated rings. The average molecular weight is 169 g/mol. The van der Waals surface area contributed by atoms with Crippen LogP contribution in [0.3, 0.4) is 0 Å². The van der Waals surface area contributed by atoms with E-state index in [0.717, 1.165) is 17.6 Å². The number of rotatable bonds is 0. The summed E-state index contributed by atoms with van der Waals surface area (Å²) >= 11 is 0. The molecular formula is C10H7N3. The van der Waals surface area contributed by atoms with E-state index < -0.39 is 0 Å². The number of hydrogen-bond acceptors (Lipinski definition) is 3. The van der Waals surface area contributed by atoms with Crippen LogP contribution in [0.1, 0.15) is 11.1 Å². The summed E-state index contributed by atoms with van der Waals surface area (Å²) in [5.41, 5.74) is 4.31. The van der Waals surface area contributed by atoms with Gasteiger partial charge in [-0.05, 0) is 23.3 Å². The molecule has 1 aliphatic heterocycles. The normalized spacial score (nSPS) is 13.5. The monoisotopic (exact) mass is 169 g/mol. The Morgan fingerprint density at radius 1 is 1.00 bits per heavy atom. The van der Waals surface area contributed by atoms with E-state index >= 15 is 0 Å². The molecule has 0 bridgehead atoms. The maximum Gasteiger partial charge on any atom is 0.0893 e. The first-order valence-electron chi connectivity index (χ1n) is 4.17. The van der Waals surface area contributed by atoms with Crippen molar-refractivity contribution in [2.24, 2.45) is 4.99 Å². The summed E-state index contributed by atoms with van der Waals surface area (Å²) in [6.07, 6.45) is 5.31. The van der Waals surface area contributed by atoms with Gasteiger partial charge in [-0.3, -0.25) is 15.0 Å². The van der Waals surface area contributed by atoms with E-state index in [0.29, 0.717) is 0 Å². The fraction of sp³-hybridized carbons (Fsp3) is 0.100. The van der Waals surface area contributed by atoms with E-state index in [1.807, 2.05) is 12.3 Å². The smallest absolute Gasteiger partial charge is 0.0893 e. The summed E-state index contributed by atoms with van der Waals surface area (Å²) < 4.78 is 0. The zero-order valence-electron chi connectivity index (χ0n) is 6.94. The molecule has 0 spiro atoms. The fourth-order valence-corrected chi connectivity index (χ4v) is 1.57. The highest BCUT2D eigenvalue weighted by Gasteiger charge is 2.07.